The molecule has 0 spiro atoms. The molecule has 18 heavy (non-hydrogen) atoms. The summed E-state index contributed by atoms with van der Waals surface area (Å²) in [5.74, 6) is 0.565. The lowest BCUT2D eigenvalue weighted by molar-refractivity contribution is 0.486. The van der Waals surface area contributed by atoms with E-state index < -0.39 is 11.6 Å². The van der Waals surface area contributed by atoms with Crippen LogP contribution in [0.15, 0.2) is 18.2 Å². The minimum Gasteiger partial charge on any atom is -0.313 e. The summed E-state index contributed by atoms with van der Waals surface area (Å²) >= 11 is 1.85. The van der Waals surface area contributed by atoms with Gasteiger partial charge in [0, 0.05) is 11.8 Å². The molecule has 1 rings (SSSR count). The Bertz CT molecular complexity index is 358. The van der Waals surface area contributed by atoms with E-state index in [0.717, 1.165) is 30.5 Å². The lowest BCUT2D eigenvalue weighted by Crippen LogP contribution is -2.33. The van der Waals surface area contributed by atoms with E-state index in [1.165, 1.54) is 0 Å². The van der Waals surface area contributed by atoms with Gasteiger partial charge in [0.25, 0.3) is 0 Å². The Morgan fingerprint density at radius 1 is 1.28 bits per heavy atom. The van der Waals surface area contributed by atoms with E-state index in [1.807, 2.05) is 18.7 Å². The summed E-state index contributed by atoms with van der Waals surface area (Å²) in [4.78, 5) is 0. The predicted molar refractivity (Wildman–Crippen MR) is 75.1 cm³/mol. The van der Waals surface area contributed by atoms with Gasteiger partial charge in [-0.3, -0.25) is 0 Å². The van der Waals surface area contributed by atoms with Gasteiger partial charge < -0.3 is 5.32 Å². The monoisotopic (exact) mass is 273 g/mol. The largest absolute Gasteiger partial charge is 0.313 e. The van der Waals surface area contributed by atoms with Gasteiger partial charge in [0.15, 0.2) is 11.6 Å². The van der Waals surface area contributed by atoms with Gasteiger partial charge in [-0.15, -0.1) is 0 Å². The van der Waals surface area contributed by atoms with E-state index in [2.05, 4.69) is 12.2 Å². The van der Waals surface area contributed by atoms with Gasteiger partial charge in [-0.1, -0.05) is 26.0 Å². The fourth-order valence-electron chi connectivity index (χ4n) is 1.82. The van der Waals surface area contributed by atoms with Gasteiger partial charge in [-0.25, -0.2) is 8.78 Å². The van der Waals surface area contributed by atoms with Crippen molar-refractivity contribution >= 4 is 11.8 Å². The first-order valence-electron chi connectivity index (χ1n) is 6.43. The minimum absolute atomic E-state index is 0.197. The minimum atomic E-state index is -0.760. The van der Waals surface area contributed by atoms with Crippen LogP contribution >= 0.6 is 11.8 Å². The van der Waals surface area contributed by atoms with Gasteiger partial charge in [0.2, 0.25) is 0 Å². The number of likely N-dealkylation sites (N-methyl/N-ethyl adjacent to an activating group) is 1. The average molecular weight is 273 g/mol. The Balaban J connectivity index is 2.61. The molecule has 102 valence electrons. The Labute approximate surface area is 112 Å². The highest BCUT2D eigenvalue weighted by Gasteiger charge is 2.13. The fourth-order valence-corrected chi connectivity index (χ4v) is 2.80. The quantitative estimate of drug-likeness (QED) is 0.726. The van der Waals surface area contributed by atoms with Crippen LogP contribution in [-0.2, 0) is 6.42 Å². The smallest absolute Gasteiger partial charge is 0.162 e. The second-order valence-corrected chi connectivity index (χ2v) is 5.40. The van der Waals surface area contributed by atoms with Crippen LogP contribution < -0.4 is 5.32 Å². The van der Waals surface area contributed by atoms with Crippen LogP contribution in [0.25, 0.3) is 0 Å². The summed E-state index contributed by atoms with van der Waals surface area (Å²) in [7, 11) is 0. The highest BCUT2D eigenvalue weighted by Crippen LogP contribution is 2.15. The Morgan fingerprint density at radius 3 is 2.72 bits per heavy atom. The number of nitrogens with one attached hydrogen (secondary N) is 1. The Hall–Kier alpha value is -0.610. The van der Waals surface area contributed by atoms with E-state index in [1.54, 1.807) is 12.1 Å². The third-order valence-electron chi connectivity index (χ3n) is 2.66. The Morgan fingerprint density at radius 2 is 2.06 bits per heavy atom. The van der Waals surface area contributed by atoms with Crippen LogP contribution in [0.2, 0.25) is 0 Å². The molecule has 1 nitrogen and oxygen atoms in total. The maximum Gasteiger partial charge on any atom is 0.162 e. The number of benzene rings is 1. The van der Waals surface area contributed by atoms with Crippen molar-refractivity contribution < 1.29 is 8.78 Å². The first-order valence-corrected chi connectivity index (χ1v) is 7.58. The first-order chi connectivity index (χ1) is 8.69. The van der Waals surface area contributed by atoms with E-state index >= 15 is 0 Å². The number of rotatable bonds is 8. The van der Waals surface area contributed by atoms with Gasteiger partial charge in [0.1, 0.15) is 0 Å². The standard InChI is InChI=1S/C14H21F2NS/c1-3-8-18-10-12(17-4-2)9-11-6-5-7-13(15)14(11)16/h5-7,12,17H,3-4,8-10H2,1-2H3. The zero-order valence-electron chi connectivity index (χ0n) is 11.0. The highest BCUT2D eigenvalue weighted by molar-refractivity contribution is 7.99. The SMILES string of the molecule is CCCSCC(Cc1cccc(F)c1F)NCC. The molecular formula is C14H21F2NS. The van der Waals surface area contributed by atoms with E-state index in [4.69, 9.17) is 0 Å². The van der Waals surface area contributed by atoms with Crippen molar-refractivity contribution in [3.63, 3.8) is 0 Å². The molecule has 0 radical (unpaired) electrons. The molecule has 0 heterocycles. The summed E-state index contributed by atoms with van der Waals surface area (Å²) in [5, 5.41) is 3.33. The topological polar surface area (TPSA) is 12.0 Å². The molecule has 4 heteroatoms. The molecule has 0 aliphatic carbocycles. The summed E-state index contributed by atoms with van der Waals surface area (Å²) in [6.07, 6.45) is 1.67. The third kappa shape index (κ3) is 4.94. The second-order valence-electron chi connectivity index (χ2n) is 4.25. The fraction of sp³-hybridized carbons (Fsp3) is 0.571. The van der Waals surface area contributed by atoms with Crippen molar-refractivity contribution in [2.45, 2.75) is 32.7 Å². The van der Waals surface area contributed by atoms with Crippen molar-refractivity contribution in [1.82, 2.24) is 5.32 Å². The molecule has 0 fully saturated rings. The van der Waals surface area contributed by atoms with Gasteiger partial charge >= 0.3 is 0 Å². The third-order valence-corrected chi connectivity index (χ3v) is 3.99. The summed E-state index contributed by atoms with van der Waals surface area (Å²) in [6, 6.07) is 4.58. The lowest BCUT2D eigenvalue weighted by Gasteiger charge is -2.18. The first kappa shape index (κ1) is 15.4. The summed E-state index contributed by atoms with van der Waals surface area (Å²) in [6.45, 7) is 5.01. The van der Waals surface area contributed by atoms with Crippen molar-refractivity contribution in [2.75, 3.05) is 18.1 Å². The second kappa shape index (κ2) is 8.48. The van der Waals surface area contributed by atoms with Crippen LogP contribution in [-0.4, -0.2) is 24.1 Å². The maximum atomic E-state index is 13.6. The Kier molecular flexibility index (Phi) is 7.28. The molecule has 0 saturated heterocycles. The van der Waals surface area contributed by atoms with E-state index in [9.17, 15) is 8.78 Å². The molecule has 1 aromatic carbocycles. The van der Waals surface area contributed by atoms with Crippen LogP contribution in [0, 0.1) is 11.6 Å². The van der Waals surface area contributed by atoms with Crippen LogP contribution in [0.3, 0.4) is 0 Å². The van der Waals surface area contributed by atoms with Crippen LogP contribution in [0.5, 0.6) is 0 Å². The molecule has 0 saturated carbocycles. The lowest BCUT2D eigenvalue weighted by atomic mass is 10.1. The molecule has 0 aliphatic heterocycles. The molecule has 1 aromatic rings. The number of halogens is 2. The summed E-state index contributed by atoms with van der Waals surface area (Å²) in [5.41, 5.74) is 0.457. The molecule has 1 unspecified atom stereocenters. The molecule has 1 N–H and O–H groups in total. The van der Waals surface area contributed by atoms with E-state index in [0.29, 0.717) is 12.0 Å². The van der Waals surface area contributed by atoms with Crippen molar-refractivity contribution in [3.8, 4) is 0 Å². The zero-order valence-corrected chi connectivity index (χ0v) is 11.8. The highest BCUT2D eigenvalue weighted by atomic mass is 32.2. The van der Waals surface area contributed by atoms with Crippen LogP contribution in [0.1, 0.15) is 25.8 Å². The van der Waals surface area contributed by atoms with E-state index in [-0.39, 0.29) is 6.04 Å². The zero-order chi connectivity index (χ0) is 13.4. The van der Waals surface area contributed by atoms with Crippen molar-refractivity contribution in [1.29, 1.82) is 0 Å². The van der Waals surface area contributed by atoms with Gasteiger partial charge in [-0.2, -0.15) is 11.8 Å². The molecule has 0 aliphatic rings. The average Bonchev–Trinajstić information content (AvgIpc) is 2.35. The predicted octanol–water partition coefficient (Wildman–Crippen LogP) is 3.63. The summed E-state index contributed by atoms with van der Waals surface area (Å²) < 4.78 is 26.7. The molecule has 1 atom stereocenters. The van der Waals surface area contributed by atoms with Crippen molar-refractivity contribution in [2.24, 2.45) is 0 Å². The number of thioether (sulfide) groups is 1. The molecular weight excluding hydrogens is 252 g/mol. The molecule has 0 amide bonds. The maximum absolute atomic E-state index is 13.6. The van der Waals surface area contributed by atoms with Crippen molar-refractivity contribution in [3.05, 3.63) is 35.4 Å². The molecule has 0 bridgehead atoms. The number of hydrogen-bond donors (Lipinski definition) is 1. The van der Waals surface area contributed by atoms with Gasteiger partial charge in [0.05, 0.1) is 0 Å². The molecule has 0 aromatic heterocycles. The number of hydrogen-bond acceptors (Lipinski definition) is 2. The normalized spacial score (nSPS) is 12.7. The van der Waals surface area contributed by atoms with Crippen LogP contribution in [0.4, 0.5) is 8.78 Å². The van der Waals surface area contributed by atoms with Gasteiger partial charge in [-0.05, 0) is 36.8 Å².